The second kappa shape index (κ2) is 7.81. The van der Waals surface area contributed by atoms with Crippen molar-refractivity contribution in [2.75, 3.05) is 42.9 Å². The molecule has 0 saturated carbocycles. The van der Waals surface area contributed by atoms with E-state index in [9.17, 15) is 18.0 Å². The van der Waals surface area contributed by atoms with Crippen LogP contribution in [0.25, 0.3) is 0 Å². The van der Waals surface area contributed by atoms with Gasteiger partial charge in [0.2, 0.25) is 5.91 Å². The number of hydrogen-bond donors (Lipinski definition) is 1. The Morgan fingerprint density at radius 2 is 1.92 bits per heavy atom. The molecular formula is C16H16ClF3N4OS. The predicted octanol–water partition coefficient (Wildman–Crippen LogP) is 3.58. The summed E-state index contributed by atoms with van der Waals surface area (Å²) >= 11 is 6.65. The Bertz CT molecular complexity index is 775. The first-order valence-electron chi connectivity index (χ1n) is 7.87. The molecule has 2 aromatic rings. The van der Waals surface area contributed by atoms with Gasteiger partial charge in [-0.3, -0.25) is 9.69 Å². The average Bonchev–Trinajstić information content (AvgIpc) is 3.08. The maximum atomic E-state index is 12.7. The van der Waals surface area contributed by atoms with Crippen molar-refractivity contribution in [2.45, 2.75) is 6.18 Å². The third-order valence-corrected chi connectivity index (χ3v) is 5.36. The topological polar surface area (TPSA) is 48.5 Å². The van der Waals surface area contributed by atoms with Crippen LogP contribution in [0.3, 0.4) is 0 Å². The fourth-order valence-corrected chi connectivity index (χ4v) is 3.61. The van der Waals surface area contributed by atoms with Crippen LogP contribution < -0.4 is 10.2 Å². The monoisotopic (exact) mass is 404 g/mol. The van der Waals surface area contributed by atoms with Gasteiger partial charge < -0.3 is 10.2 Å². The number of alkyl halides is 3. The van der Waals surface area contributed by atoms with Gasteiger partial charge in [-0.15, -0.1) is 0 Å². The SMILES string of the molecule is O=C(CN1CCN(c2ncc(C(F)(F)F)s2)CC1)Nc1ccccc1Cl. The molecule has 26 heavy (non-hydrogen) atoms. The lowest BCUT2D eigenvalue weighted by atomic mass is 10.3. The van der Waals surface area contributed by atoms with Crippen molar-refractivity contribution in [1.82, 2.24) is 9.88 Å². The Morgan fingerprint density at radius 3 is 2.54 bits per heavy atom. The van der Waals surface area contributed by atoms with Crippen LogP contribution in [-0.4, -0.2) is 48.5 Å². The minimum Gasteiger partial charge on any atom is -0.346 e. The molecule has 1 amide bonds. The van der Waals surface area contributed by atoms with Crippen molar-refractivity contribution >= 4 is 39.7 Å². The Labute approximate surface area is 157 Å². The number of benzene rings is 1. The highest BCUT2D eigenvalue weighted by Gasteiger charge is 2.34. The fourth-order valence-electron chi connectivity index (χ4n) is 2.59. The number of anilines is 2. The summed E-state index contributed by atoms with van der Waals surface area (Å²) in [6.07, 6.45) is -3.50. The van der Waals surface area contributed by atoms with Gasteiger partial charge in [-0.05, 0) is 12.1 Å². The molecule has 1 N–H and O–H groups in total. The first kappa shape index (κ1) is 18.9. The summed E-state index contributed by atoms with van der Waals surface area (Å²) in [5.74, 6) is -0.180. The highest BCUT2D eigenvalue weighted by Crippen LogP contribution is 2.36. The van der Waals surface area contributed by atoms with Crippen molar-refractivity contribution in [3.05, 3.63) is 40.4 Å². The molecule has 1 saturated heterocycles. The number of carbonyl (C=O) groups excluding carboxylic acids is 1. The van der Waals surface area contributed by atoms with E-state index in [1.807, 2.05) is 9.80 Å². The Kier molecular flexibility index (Phi) is 5.69. The Balaban J connectivity index is 1.50. The van der Waals surface area contributed by atoms with E-state index in [-0.39, 0.29) is 12.5 Å². The highest BCUT2D eigenvalue weighted by atomic mass is 35.5. The second-order valence-corrected chi connectivity index (χ2v) is 7.21. The molecule has 1 aliphatic rings. The minimum atomic E-state index is -4.37. The molecule has 1 aromatic carbocycles. The van der Waals surface area contributed by atoms with Gasteiger partial charge >= 0.3 is 6.18 Å². The first-order chi connectivity index (χ1) is 12.3. The smallest absolute Gasteiger partial charge is 0.346 e. The van der Waals surface area contributed by atoms with Crippen LogP contribution >= 0.6 is 22.9 Å². The Hall–Kier alpha value is -1.84. The molecule has 3 rings (SSSR count). The van der Waals surface area contributed by atoms with E-state index in [0.717, 1.165) is 6.20 Å². The van der Waals surface area contributed by atoms with Gasteiger partial charge in [-0.25, -0.2) is 4.98 Å². The quantitative estimate of drug-likeness (QED) is 0.846. The van der Waals surface area contributed by atoms with Crippen LogP contribution in [0, 0.1) is 0 Å². The first-order valence-corrected chi connectivity index (χ1v) is 9.07. The van der Waals surface area contributed by atoms with Crippen molar-refractivity contribution in [2.24, 2.45) is 0 Å². The number of para-hydroxylation sites is 1. The molecule has 0 atom stereocenters. The molecule has 0 spiro atoms. The average molecular weight is 405 g/mol. The van der Waals surface area contributed by atoms with E-state index in [4.69, 9.17) is 11.6 Å². The summed E-state index contributed by atoms with van der Waals surface area (Å²) in [6.45, 7) is 2.37. The van der Waals surface area contributed by atoms with E-state index in [1.165, 1.54) is 0 Å². The fraction of sp³-hybridized carbons (Fsp3) is 0.375. The van der Waals surface area contributed by atoms with E-state index < -0.39 is 11.1 Å². The number of aromatic nitrogens is 1. The summed E-state index contributed by atoms with van der Waals surface area (Å²) in [7, 11) is 0. The molecular weight excluding hydrogens is 389 g/mol. The number of hydrogen-bond acceptors (Lipinski definition) is 5. The van der Waals surface area contributed by atoms with E-state index in [0.29, 0.717) is 53.4 Å². The van der Waals surface area contributed by atoms with Gasteiger partial charge in [0, 0.05) is 26.2 Å². The number of carbonyl (C=O) groups is 1. The molecule has 2 heterocycles. The molecule has 1 fully saturated rings. The summed E-state index contributed by atoms with van der Waals surface area (Å²) < 4.78 is 38.0. The highest BCUT2D eigenvalue weighted by molar-refractivity contribution is 7.15. The third kappa shape index (κ3) is 4.66. The second-order valence-electron chi connectivity index (χ2n) is 5.80. The maximum absolute atomic E-state index is 12.7. The molecule has 1 aromatic heterocycles. The number of nitrogens with one attached hydrogen (secondary N) is 1. The van der Waals surface area contributed by atoms with E-state index >= 15 is 0 Å². The largest absolute Gasteiger partial charge is 0.427 e. The van der Waals surface area contributed by atoms with Crippen LogP contribution in [-0.2, 0) is 11.0 Å². The number of amides is 1. The van der Waals surface area contributed by atoms with Gasteiger partial charge in [0.25, 0.3) is 0 Å². The van der Waals surface area contributed by atoms with Gasteiger partial charge in [-0.2, -0.15) is 13.2 Å². The van der Waals surface area contributed by atoms with Crippen molar-refractivity contribution in [3.63, 3.8) is 0 Å². The number of thiazole rings is 1. The van der Waals surface area contributed by atoms with Crippen LogP contribution in [0.5, 0.6) is 0 Å². The zero-order valence-electron chi connectivity index (χ0n) is 13.6. The lowest BCUT2D eigenvalue weighted by Crippen LogP contribution is -2.48. The molecule has 1 aliphatic heterocycles. The molecule has 140 valence electrons. The minimum absolute atomic E-state index is 0.180. The maximum Gasteiger partial charge on any atom is 0.427 e. The summed E-state index contributed by atoms with van der Waals surface area (Å²) in [5.41, 5.74) is 0.556. The van der Waals surface area contributed by atoms with E-state index in [1.54, 1.807) is 24.3 Å². The molecule has 0 unspecified atom stereocenters. The van der Waals surface area contributed by atoms with Gasteiger partial charge in [0.05, 0.1) is 23.5 Å². The summed E-state index contributed by atoms with van der Waals surface area (Å²) in [6, 6.07) is 6.97. The normalized spacial score (nSPS) is 15.9. The van der Waals surface area contributed by atoms with Crippen LogP contribution in [0.1, 0.15) is 4.88 Å². The predicted molar refractivity (Wildman–Crippen MR) is 95.9 cm³/mol. The van der Waals surface area contributed by atoms with Crippen molar-refractivity contribution in [1.29, 1.82) is 0 Å². The van der Waals surface area contributed by atoms with Crippen molar-refractivity contribution < 1.29 is 18.0 Å². The molecule has 0 aliphatic carbocycles. The zero-order valence-corrected chi connectivity index (χ0v) is 15.2. The van der Waals surface area contributed by atoms with Gasteiger partial charge in [0.1, 0.15) is 4.88 Å². The zero-order chi connectivity index (χ0) is 18.7. The number of halogens is 4. The number of piperazine rings is 1. The summed E-state index contributed by atoms with van der Waals surface area (Å²) in [5, 5.41) is 3.59. The lowest BCUT2D eigenvalue weighted by Gasteiger charge is -2.34. The summed E-state index contributed by atoms with van der Waals surface area (Å²) in [4.78, 5) is 19.1. The molecule has 10 heteroatoms. The Morgan fingerprint density at radius 1 is 1.23 bits per heavy atom. The van der Waals surface area contributed by atoms with Crippen LogP contribution in [0.15, 0.2) is 30.5 Å². The number of nitrogens with zero attached hydrogens (tertiary/aromatic N) is 3. The molecule has 0 radical (unpaired) electrons. The van der Waals surface area contributed by atoms with Crippen LogP contribution in [0.2, 0.25) is 5.02 Å². The molecule has 5 nitrogen and oxygen atoms in total. The van der Waals surface area contributed by atoms with Crippen molar-refractivity contribution in [3.8, 4) is 0 Å². The third-order valence-electron chi connectivity index (χ3n) is 3.93. The van der Waals surface area contributed by atoms with Crippen LogP contribution in [0.4, 0.5) is 24.0 Å². The number of rotatable bonds is 4. The van der Waals surface area contributed by atoms with E-state index in [2.05, 4.69) is 10.3 Å². The standard InChI is InChI=1S/C16H16ClF3N4OS/c17-11-3-1-2-4-12(11)22-14(25)10-23-5-7-24(8-6-23)15-21-9-13(26-15)16(18,19)20/h1-4,9H,5-8,10H2,(H,22,25). The van der Waals surface area contributed by atoms with Gasteiger partial charge in [-0.1, -0.05) is 35.1 Å². The lowest BCUT2D eigenvalue weighted by molar-refractivity contribution is -0.134. The molecule has 0 bridgehead atoms. The van der Waals surface area contributed by atoms with Gasteiger partial charge in [0.15, 0.2) is 5.13 Å².